The normalized spacial score (nSPS) is 10.2. The van der Waals surface area contributed by atoms with Gasteiger partial charge < -0.3 is 4.74 Å². The summed E-state index contributed by atoms with van der Waals surface area (Å²) in [5.41, 5.74) is 6.07. The molecule has 0 radical (unpaired) electrons. The predicted molar refractivity (Wildman–Crippen MR) is 116 cm³/mol. The van der Waals surface area contributed by atoms with Crippen molar-refractivity contribution in [2.24, 2.45) is 0 Å². The summed E-state index contributed by atoms with van der Waals surface area (Å²) in [6.07, 6.45) is 0.921. The lowest BCUT2D eigenvalue weighted by Gasteiger charge is -2.12. The summed E-state index contributed by atoms with van der Waals surface area (Å²) in [5, 5.41) is 4.43. The van der Waals surface area contributed by atoms with Gasteiger partial charge in [-0.25, -0.2) is 0 Å². The van der Waals surface area contributed by atoms with Crippen molar-refractivity contribution in [1.29, 1.82) is 0 Å². The Morgan fingerprint density at radius 3 is 2.38 bits per heavy atom. The van der Waals surface area contributed by atoms with Gasteiger partial charge in [0.05, 0.1) is 0 Å². The average molecular weight is 407 g/mol. The number of ether oxygens (including phenoxy) is 1. The fraction of sp³-hybridized carbons (Fsp3) is 0.136. The molecule has 0 aliphatic heterocycles. The second-order valence-corrected chi connectivity index (χ2v) is 6.71. The molecule has 0 heterocycles. The lowest BCUT2D eigenvalue weighted by Crippen LogP contribution is -2.49. The predicted octanol–water partition coefficient (Wildman–Crippen LogP) is 2.87. The van der Waals surface area contributed by atoms with Crippen LogP contribution in [-0.4, -0.2) is 23.5 Å². The number of thiocarbonyl (C=S) groups is 1. The first kappa shape index (κ1) is 20.3. The number of fused-ring (bicyclic) bond motifs is 1. The summed E-state index contributed by atoms with van der Waals surface area (Å²) in [4.78, 5) is 23.9. The molecule has 0 saturated carbocycles. The maximum absolute atomic E-state index is 12.0. The highest BCUT2D eigenvalue weighted by Gasteiger charge is 2.09. The number of benzene rings is 3. The molecule has 3 N–H and O–H groups in total. The van der Waals surface area contributed by atoms with Gasteiger partial charge in [-0.15, -0.1) is 0 Å². The summed E-state index contributed by atoms with van der Waals surface area (Å²) in [6.45, 7) is -0.197. The van der Waals surface area contributed by atoms with E-state index in [9.17, 15) is 9.59 Å². The highest BCUT2D eigenvalue weighted by Crippen LogP contribution is 2.24. The van der Waals surface area contributed by atoms with Crippen molar-refractivity contribution in [3.8, 4) is 5.75 Å². The minimum Gasteiger partial charge on any atom is -0.483 e. The van der Waals surface area contributed by atoms with Crippen LogP contribution in [0.15, 0.2) is 72.8 Å². The van der Waals surface area contributed by atoms with Crippen LogP contribution >= 0.6 is 12.2 Å². The zero-order chi connectivity index (χ0) is 20.5. The minimum absolute atomic E-state index is 0.00424. The molecule has 148 valence electrons. The Balaban J connectivity index is 1.39. The van der Waals surface area contributed by atoms with E-state index in [0.717, 1.165) is 16.3 Å². The van der Waals surface area contributed by atoms with Crippen LogP contribution in [0.25, 0.3) is 10.8 Å². The molecule has 0 unspecified atom stereocenters. The first-order valence-electron chi connectivity index (χ1n) is 9.15. The monoisotopic (exact) mass is 407 g/mol. The number of hydrogen-bond acceptors (Lipinski definition) is 4. The summed E-state index contributed by atoms with van der Waals surface area (Å²) in [6, 6.07) is 23.1. The molecule has 2 amide bonds. The molecule has 0 aromatic heterocycles. The van der Waals surface area contributed by atoms with E-state index < -0.39 is 5.91 Å². The van der Waals surface area contributed by atoms with Gasteiger partial charge in [0.1, 0.15) is 5.75 Å². The Bertz CT molecular complexity index is 1000. The zero-order valence-corrected chi connectivity index (χ0v) is 16.5. The van der Waals surface area contributed by atoms with Crippen molar-refractivity contribution in [2.75, 3.05) is 6.61 Å². The van der Waals surface area contributed by atoms with E-state index in [1.54, 1.807) is 6.07 Å². The van der Waals surface area contributed by atoms with Crippen LogP contribution in [0.3, 0.4) is 0 Å². The van der Waals surface area contributed by atoms with Crippen LogP contribution in [0.1, 0.15) is 12.0 Å². The van der Waals surface area contributed by atoms with E-state index >= 15 is 0 Å². The van der Waals surface area contributed by atoms with Crippen LogP contribution in [0.4, 0.5) is 0 Å². The second-order valence-electron chi connectivity index (χ2n) is 6.30. The zero-order valence-electron chi connectivity index (χ0n) is 15.7. The van der Waals surface area contributed by atoms with Crippen LogP contribution < -0.4 is 20.9 Å². The molecule has 0 aliphatic carbocycles. The van der Waals surface area contributed by atoms with Crippen molar-refractivity contribution in [1.82, 2.24) is 16.2 Å². The van der Waals surface area contributed by atoms with Gasteiger partial charge in [0.15, 0.2) is 11.7 Å². The van der Waals surface area contributed by atoms with Crippen LogP contribution in [0.5, 0.6) is 5.75 Å². The van der Waals surface area contributed by atoms with Gasteiger partial charge >= 0.3 is 0 Å². The number of aryl methyl sites for hydroxylation is 1. The number of carbonyl (C=O) groups is 2. The maximum atomic E-state index is 12.0. The second kappa shape index (κ2) is 10.2. The number of carbonyl (C=O) groups excluding carboxylic acids is 2. The van der Waals surface area contributed by atoms with Crippen molar-refractivity contribution in [3.63, 3.8) is 0 Å². The molecule has 29 heavy (non-hydrogen) atoms. The quantitative estimate of drug-likeness (QED) is 0.433. The molecule has 0 spiro atoms. The van der Waals surface area contributed by atoms with Crippen molar-refractivity contribution >= 4 is 39.9 Å². The van der Waals surface area contributed by atoms with Crippen LogP contribution in [0.2, 0.25) is 0 Å². The maximum Gasteiger partial charge on any atom is 0.264 e. The highest BCUT2D eigenvalue weighted by atomic mass is 32.1. The third-order valence-corrected chi connectivity index (χ3v) is 4.36. The van der Waals surface area contributed by atoms with Gasteiger partial charge in [0.2, 0.25) is 5.91 Å². The van der Waals surface area contributed by atoms with Gasteiger partial charge in [-0.3, -0.25) is 25.8 Å². The molecule has 0 atom stereocenters. The third kappa shape index (κ3) is 6.29. The van der Waals surface area contributed by atoms with E-state index in [-0.39, 0.29) is 17.6 Å². The fourth-order valence-electron chi connectivity index (χ4n) is 2.75. The van der Waals surface area contributed by atoms with Crippen molar-refractivity contribution < 1.29 is 14.3 Å². The Hall–Kier alpha value is -3.45. The van der Waals surface area contributed by atoms with E-state index in [4.69, 9.17) is 17.0 Å². The fourth-order valence-corrected chi connectivity index (χ4v) is 2.92. The van der Waals surface area contributed by atoms with Gasteiger partial charge in [0, 0.05) is 11.8 Å². The summed E-state index contributed by atoms with van der Waals surface area (Å²) in [7, 11) is 0. The molecule has 0 fully saturated rings. The number of hydrazine groups is 1. The first-order valence-corrected chi connectivity index (χ1v) is 9.56. The summed E-state index contributed by atoms with van der Waals surface area (Å²) >= 11 is 5.02. The van der Waals surface area contributed by atoms with E-state index in [1.807, 2.05) is 66.7 Å². The van der Waals surface area contributed by atoms with Crippen LogP contribution in [0, 0.1) is 0 Å². The number of hydrogen-bond donors (Lipinski definition) is 3. The van der Waals surface area contributed by atoms with Gasteiger partial charge in [0.25, 0.3) is 5.91 Å². The molecule has 3 aromatic carbocycles. The van der Waals surface area contributed by atoms with E-state index in [2.05, 4.69) is 16.2 Å². The number of amides is 2. The van der Waals surface area contributed by atoms with E-state index in [0.29, 0.717) is 18.6 Å². The molecular formula is C22H21N3O3S. The molecule has 0 bridgehead atoms. The van der Waals surface area contributed by atoms with Crippen molar-refractivity contribution in [2.45, 2.75) is 12.8 Å². The first-order chi connectivity index (χ1) is 14.1. The van der Waals surface area contributed by atoms with Crippen LogP contribution in [-0.2, 0) is 16.0 Å². The molecule has 7 heteroatoms. The topological polar surface area (TPSA) is 79.5 Å². The Kier molecular flexibility index (Phi) is 7.13. The molecule has 3 aromatic rings. The van der Waals surface area contributed by atoms with Gasteiger partial charge in [-0.1, -0.05) is 66.7 Å². The summed E-state index contributed by atoms with van der Waals surface area (Å²) in [5.74, 6) is -0.0298. The van der Waals surface area contributed by atoms with Crippen molar-refractivity contribution in [3.05, 3.63) is 78.4 Å². The molecular weight excluding hydrogens is 386 g/mol. The molecule has 0 saturated heterocycles. The lowest BCUT2D eigenvalue weighted by molar-refractivity contribution is -0.123. The SMILES string of the molecule is O=C(CCc1ccccc1)NNC(=S)NC(=O)COc1cccc2ccccc12. The minimum atomic E-state index is -0.422. The number of rotatable bonds is 6. The highest BCUT2D eigenvalue weighted by molar-refractivity contribution is 7.80. The smallest absolute Gasteiger partial charge is 0.264 e. The Labute approximate surface area is 174 Å². The lowest BCUT2D eigenvalue weighted by atomic mass is 10.1. The summed E-state index contributed by atoms with van der Waals surface area (Å²) < 4.78 is 5.61. The van der Waals surface area contributed by atoms with E-state index in [1.165, 1.54) is 0 Å². The molecule has 0 aliphatic rings. The van der Waals surface area contributed by atoms with Gasteiger partial charge in [-0.2, -0.15) is 0 Å². The molecule has 3 rings (SSSR count). The number of nitrogens with one attached hydrogen (secondary N) is 3. The standard InChI is InChI=1S/C22H21N3O3S/c26-20(14-13-16-7-2-1-3-8-16)24-25-22(29)23-21(27)15-28-19-12-6-10-17-9-4-5-11-18(17)19/h1-12H,13-15H2,(H,24,26)(H2,23,25,27,29). The van der Waals surface area contributed by atoms with Gasteiger partial charge in [-0.05, 0) is 35.7 Å². The molecule has 6 nitrogen and oxygen atoms in total. The Morgan fingerprint density at radius 1 is 0.828 bits per heavy atom. The third-order valence-electron chi connectivity index (χ3n) is 4.16. The average Bonchev–Trinajstić information content (AvgIpc) is 2.75. The Morgan fingerprint density at radius 2 is 1.55 bits per heavy atom. The largest absolute Gasteiger partial charge is 0.483 e.